The molecule has 0 spiro atoms. The number of amides is 1. The Hall–Kier alpha value is -1.54. The highest BCUT2D eigenvalue weighted by atomic mass is 79.9. The summed E-state index contributed by atoms with van der Waals surface area (Å²) < 4.78 is 0.740. The first-order valence-electron chi connectivity index (χ1n) is 5.86. The van der Waals surface area contributed by atoms with Crippen molar-refractivity contribution < 1.29 is 4.79 Å². The summed E-state index contributed by atoms with van der Waals surface area (Å²) in [7, 11) is 0. The van der Waals surface area contributed by atoms with E-state index in [0.29, 0.717) is 30.3 Å². The lowest BCUT2D eigenvalue weighted by atomic mass is 10.1. The third-order valence-electron chi connectivity index (χ3n) is 2.93. The predicted molar refractivity (Wildman–Crippen MR) is 72.8 cm³/mol. The van der Waals surface area contributed by atoms with E-state index in [4.69, 9.17) is 11.0 Å². The Balaban J connectivity index is 2.22. The van der Waals surface area contributed by atoms with E-state index in [2.05, 4.69) is 22.0 Å². The Morgan fingerprint density at radius 1 is 1.56 bits per heavy atom. The molecular formula is C13H14BrN3O. The lowest BCUT2D eigenvalue weighted by Crippen LogP contribution is -2.34. The molecule has 0 unspecified atom stereocenters. The van der Waals surface area contributed by atoms with Crippen LogP contribution in [0, 0.1) is 11.3 Å². The summed E-state index contributed by atoms with van der Waals surface area (Å²) >= 11 is 3.37. The second-order valence-corrected chi connectivity index (χ2v) is 5.23. The first-order chi connectivity index (χ1) is 8.63. The highest BCUT2D eigenvalue weighted by Gasteiger charge is 2.33. The van der Waals surface area contributed by atoms with Crippen molar-refractivity contribution in [2.75, 3.05) is 12.3 Å². The van der Waals surface area contributed by atoms with Gasteiger partial charge in [-0.3, -0.25) is 4.79 Å². The van der Waals surface area contributed by atoms with Crippen LogP contribution in [-0.4, -0.2) is 23.4 Å². The summed E-state index contributed by atoms with van der Waals surface area (Å²) in [6, 6.07) is 7.57. The van der Waals surface area contributed by atoms with Crippen LogP contribution in [-0.2, 0) is 0 Å². The number of anilines is 1. The summed E-state index contributed by atoms with van der Waals surface area (Å²) in [6.45, 7) is 0.487. The van der Waals surface area contributed by atoms with Crippen molar-refractivity contribution in [1.29, 1.82) is 5.26 Å². The zero-order valence-electron chi connectivity index (χ0n) is 9.90. The Morgan fingerprint density at radius 2 is 2.28 bits per heavy atom. The second kappa shape index (κ2) is 5.40. The van der Waals surface area contributed by atoms with Crippen LogP contribution in [0.2, 0.25) is 0 Å². The Morgan fingerprint density at radius 3 is 2.89 bits per heavy atom. The molecule has 1 amide bonds. The van der Waals surface area contributed by atoms with Crippen LogP contribution in [0.5, 0.6) is 0 Å². The van der Waals surface area contributed by atoms with Gasteiger partial charge in [0.2, 0.25) is 0 Å². The van der Waals surface area contributed by atoms with Crippen LogP contribution in [0.4, 0.5) is 5.69 Å². The number of nitrogens with zero attached hydrogens (tertiary/aromatic N) is 2. The summed E-state index contributed by atoms with van der Waals surface area (Å²) in [5, 5.41) is 8.65. The molecule has 0 aliphatic heterocycles. The minimum absolute atomic E-state index is 0.0491. The van der Waals surface area contributed by atoms with Gasteiger partial charge in [0.15, 0.2) is 0 Å². The number of nitrogen functional groups attached to an aromatic ring is 1. The number of benzene rings is 1. The standard InChI is InChI=1S/C13H14BrN3O/c14-12-5-2-9(16)8-11(12)13(18)17(7-1-6-15)10-3-4-10/h2,5,8,10H,1,3-4,7,16H2. The molecule has 18 heavy (non-hydrogen) atoms. The molecule has 0 atom stereocenters. The molecule has 1 fully saturated rings. The third-order valence-corrected chi connectivity index (χ3v) is 3.63. The average Bonchev–Trinajstić information content (AvgIpc) is 3.17. The van der Waals surface area contributed by atoms with E-state index in [1.54, 1.807) is 23.1 Å². The van der Waals surface area contributed by atoms with Gasteiger partial charge in [-0.05, 0) is 47.0 Å². The van der Waals surface area contributed by atoms with Crippen LogP contribution in [0.1, 0.15) is 29.6 Å². The van der Waals surface area contributed by atoms with Gasteiger partial charge in [-0.25, -0.2) is 0 Å². The number of carbonyl (C=O) groups is 1. The molecule has 1 aliphatic rings. The molecule has 0 aromatic heterocycles. The van der Waals surface area contributed by atoms with Gasteiger partial charge in [0.1, 0.15) is 0 Å². The molecule has 0 radical (unpaired) electrons. The van der Waals surface area contributed by atoms with Crippen molar-refractivity contribution >= 4 is 27.5 Å². The molecular weight excluding hydrogens is 294 g/mol. The summed E-state index contributed by atoms with van der Waals surface area (Å²) in [6.07, 6.45) is 2.41. The molecule has 1 aliphatic carbocycles. The molecule has 2 rings (SSSR count). The zero-order chi connectivity index (χ0) is 13.1. The first-order valence-corrected chi connectivity index (χ1v) is 6.65. The van der Waals surface area contributed by atoms with E-state index >= 15 is 0 Å². The number of rotatable bonds is 4. The summed E-state index contributed by atoms with van der Waals surface area (Å²) in [5.41, 5.74) is 6.85. The van der Waals surface area contributed by atoms with E-state index < -0.39 is 0 Å². The highest BCUT2D eigenvalue weighted by Crippen LogP contribution is 2.30. The molecule has 1 aromatic rings. The molecule has 0 bridgehead atoms. The normalized spacial score (nSPS) is 14.0. The Labute approximate surface area is 115 Å². The number of nitriles is 1. The molecule has 1 aromatic carbocycles. The SMILES string of the molecule is N#CCCN(C(=O)c1cc(N)ccc1Br)C1CC1. The summed E-state index contributed by atoms with van der Waals surface area (Å²) in [5.74, 6) is -0.0491. The molecule has 0 heterocycles. The van der Waals surface area contributed by atoms with Crippen molar-refractivity contribution in [2.45, 2.75) is 25.3 Å². The van der Waals surface area contributed by atoms with Crippen LogP contribution in [0.25, 0.3) is 0 Å². The van der Waals surface area contributed by atoms with Gasteiger partial charge >= 0.3 is 0 Å². The van der Waals surface area contributed by atoms with Crippen LogP contribution in [0.15, 0.2) is 22.7 Å². The topological polar surface area (TPSA) is 70.1 Å². The van der Waals surface area contributed by atoms with Crippen molar-refractivity contribution in [3.8, 4) is 6.07 Å². The maximum absolute atomic E-state index is 12.4. The number of hydrogen-bond acceptors (Lipinski definition) is 3. The van der Waals surface area contributed by atoms with Crippen LogP contribution >= 0.6 is 15.9 Å². The lowest BCUT2D eigenvalue weighted by Gasteiger charge is -2.22. The van der Waals surface area contributed by atoms with E-state index in [1.165, 1.54) is 0 Å². The lowest BCUT2D eigenvalue weighted by molar-refractivity contribution is 0.0746. The van der Waals surface area contributed by atoms with Gasteiger partial charge in [0.05, 0.1) is 18.1 Å². The highest BCUT2D eigenvalue weighted by molar-refractivity contribution is 9.10. The minimum atomic E-state index is -0.0491. The van der Waals surface area contributed by atoms with Crippen LogP contribution < -0.4 is 5.73 Å². The van der Waals surface area contributed by atoms with Gasteiger partial charge in [0.25, 0.3) is 5.91 Å². The van der Waals surface area contributed by atoms with E-state index in [1.807, 2.05) is 0 Å². The number of carbonyl (C=O) groups excluding carboxylic acids is 1. The fourth-order valence-corrected chi connectivity index (χ4v) is 2.28. The van der Waals surface area contributed by atoms with Crippen molar-refractivity contribution in [1.82, 2.24) is 4.90 Å². The Bertz CT molecular complexity index is 505. The van der Waals surface area contributed by atoms with Gasteiger partial charge in [0, 0.05) is 22.7 Å². The third kappa shape index (κ3) is 2.82. The fraction of sp³-hybridized carbons (Fsp3) is 0.385. The molecule has 5 heteroatoms. The van der Waals surface area contributed by atoms with Crippen molar-refractivity contribution in [3.05, 3.63) is 28.2 Å². The van der Waals surface area contributed by atoms with Crippen LogP contribution in [0.3, 0.4) is 0 Å². The van der Waals surface area contributed by atoms with E-state index in [9.17, 15) is 4.79 Å². The number of halogens is 1. The number of nitrogens with two attached hydrogens (primary N) is 1. The Kier molecular flexibility index (Phi) is 3.87. The first kappa shape index (κ1) is 12.9. The second-order valence-electron chi connectivity index (χ2n) is 4.38. The molecule has 4 nitrogen and oxygen atoms in total. The molecule has 94 valence electrons. The smallest absolute Gasteiger partial charge is 0.255 e. The van der Waals surface area contributed by atoms with Gasteiger partial charge in [-0.2, -0.15) is 5.26 Å². The van der Waals surface area contributed by atoms with Gasteiger partial charge < -0.3 is 10.6 Å². The quantitative estimate of drug-likeness (QED) is 0.869. The molecule has 1 saturated carbocycles. The van der Waals surface area contributed by atoms with E-state index in [0.717, 1.165) is 17.3 Å². The summed E-state index contributed by atoms with van der Waals surface area (Å²) in [4.78, 5) is 14.2. The maximum Gasteiger partial charge on any atom is 0.255 e. The van der Waals surface area contributed by atoms with Gasteiger partial charge in [-0.1, -0.05) is 0 Å². The van der Waals surface area contributed by atoms with Crippen molar-refractivity contribution in [2.24, 2.45) is 0 Å². The monoisotopic (exact) mass is 307 g/mol. The fourth-order valence-electron chi connectivity index (χ4n) is 1.87. The largest absolute Gasteiger partial charge is 0.399 e. The molecule has 2 N–H and O–H groups in total. The maximum atomic E-state index is 12.4. The van der Waals surface area contributed by atoms with Crippen molar-refractivity contribution in [3.63, 3.8) is 0 Å². The minimum Gasteiger partial charge on any atom is -0.399 e. The number of hydrogen-bond donors (Lipinski definition) is 1. The molecule has 0 saturated heterocycles. The predicted octanol–water partition coefficient (Wildman–Crippen LogP) is 2.55. The average molecular weight is 308 g/mol. The van der Waals surface area contributed by atoms with Gasteiger partial charge in [-0.15, -0.1) is 0 Å². The zero-order valence-corrected chi connectivity index (χ0v) is 11.5. The van der Waals surface area contributed by atoms with E-state index in [-0.39, 0.29) is 5.91 Å².